The topological polar surface area (TPSA) is 364 Å². The molecule has 0 saturated carbocycles. The molecule has 8 N–H and O–H groups in total. The number of hydrogen-bond donors (Lipinski definition) is 8. The number of Topliss-reactive ketones (excluding diaryl/α,β-unsaturated/α-hetero) is 1. The molecule has 0 saturated heterocycles. The summed E-state index contributed by atoms with van der Waals surface area (Å²) in [6.45, 7) is 1.99. The van der Waals surface area contributed by atoms with Gasteiger partial charge in [-0.25, -0.2) is 52.5 Å². The minimum atomic E-state index is -1.03. The van der Waals surface area contributed by atoms with E-state index < -0.39 is 23.7 Å². The first-order valence-electron chi connectivity index (χ1n) is 39.4. The molecule has 11 heterocycles. The van der Waals surface area contributed by atoms with E-state index in [2.05, 4.69) is 86.9 Å². The number of halogens is 5. The van der Waals surface area contributed by atoms with Crippen LogP contribution in [0.15, 0.2) is 314 Å². The number of fused-ring (bicyclic) bond motifs is 15. The molecule has 20 aromatic rings. The number of anilines is 10. The van der Waals surface area contributed by atoms with Gasteiger partial charge in [-0.1, -0.05) is 83.9 Å². The Balaban J connectivity index is 0.000000113. The second-order valence-corrected chi connectivity index (χ2v) is 29.8. The van der Waals surface area contributed by atoms with E-state index in [0.717, 1.165) is 109 Å². The third-order valence-electron chi connectivity index (χ3n) is 20.6. The Kier molecular flexibility index (Phi) is 24.2. The van der Waals surface area contributed by atoms with Crippen LogP contribution in [-0.2, 0) is 0 Å². The van der Waals surface area contributed by atoms with Crippen molar-refractivity contribution in [3.8, 4) is 5.75 Å². The van der Waals surface area contributed by atoms with Crippen LogP contribution in [0.2, 0.25) is 10.0 Å². The highest BCUT2D eigenvalue weighted by Crippen LogP contribution is 2.39. The number of nitrogens with zero attached hydrogens (tertiary/aromatic N) is 13. The first kappa shape index (κ1) is 84.1. The molecule has 1 aliphatic rings. The molecule has 129 heavy (non-hydrogen) atoms. The van der Waals surface area contributed by atoms with Crippen molar-refractivity contribution in [2.45, 2.75) is 6.92 Å². The number of ether oxygens (including phenoxy) is 1. The molecule has 0 radical (unpaired) electrons. The number of benzene rings is 10. The van der Waals surface area contributed by atoms with E-state index in [4.69, 9.17) is 32.9 Å². The van der Waals surface area contributed by atoms with Crippen LogP contribution in [-0.4, -0.2) is 108 Å². The summed E-state index contributed by atoms with van der Waals surface area (Å²) in [4.78, 5) is 90.0. The quantitative estimate of drug-likeness (QED) is 0.0329. The summed E-state index contributed by atoms with van der Waals surface area (Å²) in [6.07, 6.45) is 15.6. The molecule has 31 heteroatoms. The molecule has 0 spiro atoms. The molecule has 0 bridgehead atoms. The second-order valence-electron chi connectivity index (χ2n) is 29.0. The number of methoxy groups -OCH3 is 1. The second kappa shape index (κ2) is 37.1. The van der Waals surface area contributed by atoms with Gasteiger partial charge in [0, 0.05) is 182 Å². The summed E-state index contributed by atoms with van der Waals surface area (Å²) in [6, 6.07) is 68.7. The number of pyridine rings is 10. The molecule has 0 atom stereocenters. The fourth-order valence-corrected chi connectivity index (χ4v) is 14.9. The van der Waals surface area contributed by atoms with Crippen LogP contribution < -0.4 is 31.3 Å². The minimum absolute atomic E-state index is 0.00798. The summed E-state index contributed by atoms with van der Waals surface area (Å²) in [5, 5.41) is 68.4. The van der Waals surface area contributed by atoms with Crippen molar-refractivity contribution in [2.75, 3.05) is 40.2 Å². The number of rotatable bonds is 16. The maximum absolute atomic E-state index is 13.6. The lowest BCUT2D eigenvalue weighted by Crippen LogP contribution is -2.02. The van der Waals surface area contributed by atoms with Gasteiger partial charge < -0.3 is 46.6 Å². The maximum Gasteiger partial charge on any atom is 0.335 e. The summed E-state index contributed by atoms with van der Waals surface area (Å²) in [5.74, 6) is -0.466. The molecule has 0 unspecified atom stereocenters. The number of nitrogens with one attached hydrogen (secondary N) is 5. The zero-order chi connectivity index (χ0) is 89.3. The molecule has 26 nitrogen and oxygen atoms in total. The van der Waals surface area contributed by atoms with E-state index in [1.807, 2.05) is 97.2 Å². The summed E-state index contributed by atoms with van der Waals surface area (Å²) in [5.41, 5.74) is 10.1. The largest absolute Gasteiger partial charge is 0.497 e. The van der Waals surface area contributed by atoms with Gasteiger partial charge >= 0.3 is 17.9 Å². The molecular formula is C98H65Cl2F3N18O8. The van der Waals surface area contributed by atoms with E-state index in [9.17, 15) is 47.7 Å². The Morgan fingerprint density at radius 3 is 1.19 bits per heavy atom. The fourth-order valence-electron chi connectivity index (χ4n) is 14.5. The van der Waals surface area contributed by atoms with Crippen molar-refractivity contribution in [1.82, 2.24) is 49.8 Å². The van der Waals surface area contributed by atoms with Gasteiger partial charge in [0.2, 0.25) is 0 Å². The lowest BCUT2D eigenvalue weighted by Gasteiger charge is -2.12. The predicted octanol–water partition coefficient (Wildman–Crippen LogP) is 23.8. The maximum atomic E-state index is 13.6. The number of carbonyl (C=O) groups is 4. The summed E-state index contributed by atoms with van der Waals surface area (Å²) in [7, 11) is 1.61. The molecular weight excluding hydrogens is 1690 g/mol. The highest BCUT2D eigenvalue weighted by atomic mass is 35.5. The van der Waals surface area contributed by atoms with Gasteiger partial charge in [0.1, 0.15) is 58.8 Å². The van der Waals surface area contributed by atoms with Gasteiger partial charge in [0.15, 0.2) is 5.78 Å². The van der Waals surface area contributed by atoms with Gasteiger partial charge in [0.05, 0.1) is 67.6 Å². The van der Waals surface area contributed by atoms with Gasteiger partial charge in [-0.05, 0) is 188 Å². The van der Waals surface area contributed by atoms with E-state index in [-0.39, 0.29) is 39.1 Å². The summed E-state index contributed by atoms with van der Waals surface area (Å²) >= 11 is 11.9. The van der Waals surface area contributed by atoms with Crippen LogP contribution >= 0.6 is 23.2 Å². The third kappa shape index (κ3) is 18.7. The van der Waals surface area contributed by atoms with Gasteiger partial charge in [-0.15, -0.1) is 5.10 Å². The monoisotopic (exact) mass is 1750 g/mol. The highest BCUT2D eigenvalue weighted by molar-refractivity contribution is 6.31. The molecule has 10 aromatic heterocycles. The first-order valence-corrected chi connectivity index (χ1v) is 40.2. The minimum Gasteiger partial charge on any atom is -0.497 e. The zero-order valence-electron chi connectivity index (χ0n) is 67.6. The van der Waals surface area contributed by atoms with Crippen molar-refractivity contribution in [3.05, 3.63) is 354 Å². The summed E-state index contributed by atoms with van der Waals surface area (Å²) < 4.78 is 45.7. The van der Waals surface area contributed by atoms with E-state index in [0.29, 0.717) is 90.9 Å². The average molecular weight is 1750 g/mol. The molecule has 0 fully saturated rings. The van der Waals surface area contributed by atoms with E-state index in [1.54, 1.807) is 160 Å². The van der Waals surface area contributed by atoms with Crippen LogP contribution in [0.25, 0.3) is 109 Å². The number of carbonyl (C=O) groups excluding carboxylic acids is 1. The third-order valence-corrected chi connectivity index (χ3v) is 21.2. The molecule has 21 rings (SSSR count). The van der Waals surface area contributed by atoms with Gasteiger partial charge in [-0.3, -0.25) is 29.7 Å². The van der Waals surface area contributed by atoms with Crippen molar-refractivity contribution in [3.63, 3.8) is 0 Å². The standard InChI is InChI=1S/C20H13FN6.C20H14FN3O.C20H15N3O3.C19H11ClFN3O2.C19H12ClN3O2/c21-13-2-1-3-14(9-13)24-20-16-6-7-22-10-17(16)15-5-4-12(8-18(15)25-20)19-11-23-27-26-19;1-12(25)13-5-6-16-18-11-22-8-7-17(18)20(24-19(16)9-13)23-15-4-2-3-14(21)10-15;1-26-14-4-2-3-13(10-14)22-19-16-7-8-21-11-17(16)15-6-5-12(20(24)25)9-18(15)23-19;20-14-9-11(4-6-15(14)21)23-18-13-2-1-7-22-17(13)12-5-3-10(19(25)26)8-16(12)24-18;20-12-2-1-3-13(9-12)22-18-15-6-7-21-10-16(15)14-5-4-11(19(24)25)8-17(14)23-18/h1-10H,11H2,(H,24,25);2-11H,1H3,(H,23,24);2-11H,1H3,(H,22,23)(H,24,25);1-9H,(H,23,24)(H,25,26);1-10H,(H,22,23)(H,24,25). The Hall–Kier alpha value is -17.2. The SMILES string of the molecule is CC(=O)c1ccc2c(c1)nc(Nc1cccc(F)c1)c1ccncc12.COc1cccc(Nc2nc3cc(C(=O)O)ccc3c3cnccc23)c1.Fc1cccc(Nc2nc3cc(C4=NN=NC4)ccc3c3cnccc23)c1.O=C(O)c1ccc2c(c1)nc(Nc1ccc(F)c(Cl)c1)c1cccnc12.O=C(O)c1ccc2c(c1)nc(Nc1cccc(Cl)c1)c1ccncc12. The van der Waals surface area contributed by atoms with Crippen LogP contribution in [0, 0.1) is 17.5 Å². The predicted molar refractivity (Wildman–Crippen MR) is 497 cm³/mol. The molecule has 1 aliphatic heterocycles. The Bertz CT molecular complexity index is 7800. The normalized spacial score (nSPS) is 11.4. The Morgan fingerprint density at radius 1 is 0.364 bits per heavy atom. The molecule has 630 valence electrons. The van der Waals surface area contributed by atoms with Crippen molar-refractivity contribution < 1.29 is 52.4 Å². The number of aromatic nitrogens is 10. The van der Waals surface area contributed by atoms with Crippen molar-refractivity contribution in [2.24, 2.45) is 15.4 Å². The zero-order valence-corrected chi connectivity index (χ0v) is 69.1. The van der Waals surface area contributed by atoms with E-state index in [1.165, 1.54) is 55.5 Å². The number of ketones is 1. The first-order chi connectivity index (χ1) is 62.7. The Labute approximate surface area is 738 Å². The molecule has 0 aliphatic carbocycles. The lowest BCUT2D eigenvalue weighted by molar-refractivity contribution is 0.0686. The highest BCUT2D eigenvalue weighted by Gasteiger charge is 2.20. The fraction of sp³-hybridized carbons (Fsp3) is 0.0306. The lowest BCUT2D eigenvalue weighted by atomic mass is 10.0. The average Bonchev–Trinajstić information content (AvgIpc) is 1.72. The smallest absolute Gasteiger partial charge is 0.335 e. The number of carboxylic acid groups (broad SMARTS) is 3. The number of hydrogen-bond acceptors (Lipinski definition) is 23. The molecule has 10 aromatic carbocycles. The number of carboxylic acids is 3. The van der Waals surface area contributed by atoms with Gasteiger partial charge in [0.25, 0.3) is 0 Å². The van der Waals surface area contributed by atoms with E-state index >= 15 is 0 Å². The van der Waals surface area contributed by atoms with Crippen LogP contribution in [0.4, 0.5) is 70.7 Å². The number of aromatic carboxylic acids is 3. The van der Waals surface area contributed by atoms with Crippen LogP contribution in [0.5, 0.6) is 5.75 Å². The van der Waals surface area contributed by atoms with Crippen LogP contribution in [0.3, 0.4) is 0 Å². The van der Waals surface area contributed by atoms with Crippen molar-refractivity contribution in [1.29, 1.82) is 0 Å². The van der Waals surface area contributed by atoms with Crippen LogP contribution in [0.1, 0.15) is 53.9 Å². The van der Waals surface area contributed by atoms with Crippen molar-refractivity contribution >= 4 is 219 Å². The Morgan fingerprint density at radius 2 is 0.760 bits per heavy atom. The van der Waals surface area contributed by atoms with Gasteiger partial charge in [-0.2, -0.15) is 5.11 Å². The molecule has 0 amide bonds.